The molecule has 0 bridgehead atoms. The van der Waals surface area contributed by atoms with Crippen LogP contribution in [0, 0.1) is 0 Å². The second-order valence-electron chi connectivity index (χ2n) is 14.8. The summed E-state index contributed by atoms with van der Waals surface area (Å²) in [5, 5.41) is 17.0. The number of benzene rings is 10. The minimum Gasteiger partial charge on any atom is -0.456 e. The molecule has 0 amide bonds. The van der Waals surface area contributed by atoms with Crippen LogP contribution in [0.25, 0.3) is 129 Å². The van der Waals surface area contributed by atoms with Crippen LogP contribution in [0.4, 0.5) is 0 Å². The second kappa shape index (κ2) is 10.8. The lowest BCUT2D eigenvalue weighted by Crippen LogP contribution is -1.90. The fourth-order valence-corrected chi connectivity index (χ4v) is 10.4. The Morgan fingerprint density at radius 2 is 0.818 bits per heavy atom. The maximum absolute atomic E-state index is 6.66. The van der Waals surface area contributed by atoms with Gasteiger partial charge in [-0.15, -0.1) is 11.3 Å². The van der Waals surface area contributed by atoms with E-state index in [1.54, 1.807) is 0 Å². The van der Waals surface area contributed by atoms with Crippen LogP contribution >= 0.6 is 11.3 Å². The molecule has 0 unspecified atom stereocenters. The molecule has 0 spiro atoms. The molecule has 0 aliphatic heterocycles. The summed E-state index contributed by atoms with van der Waals surface area (Å²) in [4.78, 5) is 0. The zero-order valence-electron chi connectivity index (χ0n) is 29.4. The molecule has 0 saturated heterocycles. The van der Waals surface area contributed by atoms with Gasteiger partial charge in [-0.3, -0.25) is 0 Å². The van der Waals surface area contributed by atoms with Gasteiger partial charge in [-0.05, 0) is 120 Å². The summed E-state index contributed by atoms with van der Waals surface area (Å²) in [6.45, 7) is 0. The molecule has 13 aromatic rings. The van der Waals surface area contributed by atoms with Crippen molar-refractivity contribution in [2.24, 2.45) is 0 Å². The van der Waals surface area contributed by atoms with Crippen LogP contribution in [0.2, 0.25) is 0 Å². The molecule has 0 aliphatic rings. The first-order valence-electron chi connectivity index (χ1n) is 18.7. The Hall–Kier alpha value is -6.94. The third-order valence-electron chi connectivity index (χ3n) is 11.8. The minimum absolute atomic E-state index is 0.897. The van der Waals surface area contributed by atoms with E-state index in [4.69, 9.17) is 8.83 Å². The highest BCUT2D eigenvalue weighted by atomic mass is 32.1. The quantitative estimate of drug-likeness (QED) is 0.131. The van der Waals surface area contributed by atoms with Crippen molar-refractivity contribution >= 4 is 118 Å². The lowest BCUT2D eigenvalue weighted by molar-refractivity contribution is 0.669. The van der Waals surface area contributed by atoms with Crippen LogP contribution in [-0.2, 0) is 0 Å². The number of furan rings is 2. The van der Waals surface area contributed by atoms with Crippen molar-refractivity contribution in [3.05, 3.63) is 170 Å². The van der Waals surface area contributed by atoms with Gasteiger partial charge in [0.15, 0.2) is 0 Å². The van der Waals surface area contributed by atoms with Crippen molar-refractivity contribution in [1.82, 2.24) is 0 Å². The van der Waals surface area contributed by atoms with Gasteiger partial charge in [-0.1, -0.05) is 115 Å². The highest BCUT2D eigenvalue weighted by Crippen LogP contribution is 2.47. The average Bonchev–Trinajstić information content (AvgIpc) is 3.90. The summed E-state index contributed by atoms with van der Waals surface area (Å²) in [5.41, 5.74) is 8.42. The van der Waals surface area contributed by atoms with E-state index in [1.807, 2.05) is 11.3 Å². The van der Waals surface area contributed by atoms with Crippen LogP contribution < -0.4 is 0 Å². The third kappa shape index (κ3) is 4.13. The number of thiophene rings is 1. The van der Waals surface area contributed by atoms with E-state index in [0.717, 1.165) is 49.4 Å². The Morgan fingerprint density at radius 3 is 1.60 bits per heavy atom. The van der Waals surface area contributed by atoms with E-state index in [-0.39, 0.29) is 0 Å². The summed E-state index contributed by atoms with van der Waals surface area (Å²) in [5.74, 6) is 0. The zero-order valence-corrected chi connectivity index (χ0v) is 30.2. The molecule has 55 heavy (non-hydrogen) atoms. The van der Waals surface area contributed by atoms with Crippen LogP contribution in [0.3, 0.4) is 0 Å². The summed E-state index contributed by atoms with van der Waals surface area (Å²) in [6.07, 6.45) is 0. The van der Waals surface area contributed by atoms with E-state index in [2.05, 4.69) is 170 Å². The monoisotopic (exact) mass is 716 g/mol. The van der Waals surface area contributed by atoms with Gasteiger partial charge in [-0.25, -0.2) is 0 Å². The van der Waals surface area contributed by atoms with Crippen molar-refractivity contribution < 1.29 is 8.83 Å². The van der Waals surface area contributed by atoms with Crippen molar-refractivity contribution in [3.8, 4) is 22.3 Å². The Bertz CT molecular complexity index is 3730. The summed E-state index contributed by atoms with van der Waals surface area (Å²) in [7, 11) is 0. The van der Waals surface area contributed by atoms with Crippen molar-refractivity contribution in [2.45, 2.75) is 0 Å². The number of rotatable bonds is 2. The highest BCUT2D eigenvalue weighted by Gasteiger charge is 2.20. The molecular formula is C52H28O2S. The van der Waals surface area contributed by atoms with E-state index in [9.17, 15) is 0 Å². The Balaban J connectivity index is 1.03. The minimum atomic E-state index is 0.897. The standard InChI is InChI=1S/C52H28O2S/c1-2-10-33-29(9-1)17-18-30-24-47-42(26-40(30)33)34-21-19-32(25-46(34)54-47)52-38-14-5-3-12-36(38)51(37-13-4-6-15-39(37)52)31-20-22-45-41(23-31)43-27-44-35-11-7-8-16-49(35)55-50(44)28-48(43)53-45/h1-28H. The predicted octanol–water partition coefficient (Wildman–Crippen LogP) is 15.8. The van der Waals surface area contributed by atoms with Gasteiger partial charge in [-0.2, -0.15) is 0 Å². The van der Waals surface area contributed by atoms with Crippen molar-refractivity contribution in [2.75, 3.05) is 0 Å². The molecule has 2 nitrogen and oxygen atoms in total. The molecule has 0 saturated carbocycles. The molecule has 0 atom stereocenters. The number of fused-ring (bicyclic) bond motifs is 14. The third-order valence-corrected chi connectivity index (χ3v) is 12.9. The first-order chi connectivity index (χ1) is 27.2. The molecule has 0 fully saturated rings. The molecule has 0 radical (unpaired) electrons. The van der Waals surface area contributed by atoms with Crippen LogP contribution in [-0.4, -0.2) is 0 Å². The normalized spacial score (nSPS) is 12.4. The largest absolute Gasteiger partial charge is 0.456 e. The summed E-state index contributed by atoms with van der Waals surface area (Å²) < 4.78 is 15.7. The molecule has 3 heterocycles. The van der Waals surface area contributed by atoms with E-state index >= 15 is 0 Å². The van der Waals surface area contributed by atoms with Crippen molar-refractivity contribution in [3.63, 3.8) is 0 Å². The lowest BCUT2D eigenvalue weighted by Gasteiger charge is -2.17. The highest BCUT2D eigenvalue weighted by molar-refractivity contribution is 7.25. The molecule has 3 aromatic heterocycles. The number of hydrogen-bond acceptors (Lipinski definition) is 3. The molecule has 10 aromatic carbocycles. The maximum atomic E-state index is 6.66. The predicted molar refractivity (Wildman–Crippen MR) is 235 cm³/mol. The second-order valence-corrected chi connectivity index (χ2v) is 15.8. The van der Waals surface area contributed by atoms with E-state index < -0.39 is 0 Å². The first-order valence-corrected chi connectivity index (χ1v) is 19.5. The van der Waals surface area contributed by atoms with Gasteiger partial charge in [0.1, 0.15) is 22.3 Å². The van der Waals surface area contributed by atoms with Gasteiger partial charge in [0.2, 0.25) is 0 Å². The molecular weight excluding hydrogens is 689 g/mol. The molecule has 13 rings (SSSR count). The van der Waals surface area contributed by atoms with Gasteiger partial charge in [0.25, 0.3) is 0 Å². The van der Waals surface area contributed by atoms with Gasteiger partial charge < -0.3 is 8.83 Å². The fourth-order valence-electron chi connectivity index (χ4n) is 9.33. The smallest absolute Gasteiger partial charge is 0.136 e. The Kier molecular flexibility index (Phi) is 5.80. The summed E-state index contributed by atoms with van der Waals surface area (Å²) in [6, 6.07) is 61.9. The van der Waals surface area contributed by atoms with E-state index in [1.165, 1.54) is 80.0 Å². The molecule has 254 valence electrons. The van der Waals surface area contributed by atoms with E-state index in [0.29, 0.717) is 0 Å². The van der Waals surface area contributed by atoms with Crippen molar-refractivity contribution in [1.29, 1.82) is 0 Å². The fraction of sp³-hybridized carbons (Fsp3) is 0. The average molecular weight is 717 g/mol. The summed E-state index contributed by atoms with van der Waals surface area (Å²) >= 11 is 1.82. The molecule has 0 aliphatic carbocycles. The van der Waals surface area contributed by atoms with Gasteiger partial charge >= 0.3 is 0 Å². The number of hydrogen-bond donors (Lipinski definition) is 0. The van der Waals surface area contributed by atoms with Gasteiger partial charge in [0, 0.05) is 41.7 Å². The zero-order chi connectivity index (χ0) is 35.8. The Morgan fingerprint density at radius 1 is 0.273 bits per heavy atom. The van der Waals surface area contributed by atoms with Crippen LogP contribution in [0.15, 0.2) is 179 Å². The molecule has 0 N–H and O–H groups in total. The maximum Gasteiger partial charge on any atom is 0.136 e. The molecule has 3 heteroatoms. The van der Waals surface area contributed by atoms with Crippen LogP contribution in [0.1, 0.15) is 0 Å². The first kappa shape index (κ1) is 29.5. The van der Waals surface area contributed by atoms with Crippen LogP contribution in [0.5, 0.6) is 0 Å². The lowest BCUT2D eigenvalue weighted by atomic mass is 9.85. The topological polar surface area (TPSA) is 26.3 Å². The SMILES string of the molecule is c1ccc2c(c1)ccc1cc3oc4cc(-c5c6ccccc6c(-c6ccc7oc8cc9sc%10ccccc%10c9cc8c7c6)c6ccccc56)ccc4c3cc12. The van der Waals surface area contributed by atoms with Gasteiger partial charge in [0.05, 0.1) is 0 Å². The Labute approximate surface area is 318 Å².